The first-order chi connectivity index (χ1) is 10.9. The van der Waals surface area contributed by atoms with Crippen molar-refractivity contribution in [1.29, 1.82) is 0 Å². The van der Waals surface area contributed by atoms with Gasteiger partial charge in [0.05, 0.1) is 24.5 Å². The molecule has 0 unspecified atom stereocenters. The van der Waals surface area contributed by atoms with Gasteiger partial charge in [0.1, 0.15) is 11.5 Å². The van der Waals surface area contributed by atoms with Crippen LogP contribution in [0.4, 0.5) is 5.69 Å². The maximum Gasteiger partial charge on any atom is 0.259 e. The van der Waals surface area contributed by atoms with Crippen molar-refractivity contribution in [1.82, 2.24) is 0 Å². The number of rotatable bonds is 5. The maximum atomic E-state index is 12.6. The number of anilines is 1. The fraction of sp³-hybridized carbons (Fsp3) is 0.278. The zero-order valence-corrected chi connectivity index (χ0v) is 14.4. The topological polar surface area (TPSA) is 47.6 Å². The number of halogens is 1. The van der Waals surface area contributed by atoms with Crippen molar-refractivity contribution in [2.75, 3.05) is 12.4 Å². The van der Waals surface area contributed by atoms with E-state index in [0.29, 0.717) is 27.8 Å². The van der Waals surface area contributed by atoms with Gasteiger partial charge in [0.25, 0.3) is 5.91 Å². The molecule has 0 atom stereocenters. The summed E-state index contributed by atoms with van der Waals surface area (Å²) in [6.45, 7) is 5.70. The number of amides is 1. The molecular weight excluding hydrogens is 314 g/mol. The summed E-state index contributed by atoms with van der Waals surface area (Å²) in [6, 6.07) is 10.6. The zero-order valence-electron chi connectivity index (χ0n) is 13.6. The van der Waals surface area contributed by atoms with Crippen LogP contribution in [0, 0.1) is 6.92 Å². The number of para-hydroxylation sites is 1. The van der Waals surface area contributed by atoms with Crippen molar-refractivity contribution >= 4 is 23.2 Å². The third-order valence-electron chi connectivity index (χ3n) is 3.22. The molecule has 0 saturated carbocycles. The third-order valence-corrected chi connectivity index (χ3v) is 3.63. The molecule has 5 heteroatoms. The van der Waals surface area contributed by atoms with Gasteiger partial charge in [0.2, 0.25) is 0 Å². The number of hydrogen-bond donors (Lipinski definition) is 1. The Morgan fingerprint density at radius 1 is 1.17 bits per heavy atom. The number of benzene rings is 2. The Labute approximate surface area is 141 Å². The van der Waals surface area contributed by atoms with Gasteiger partial charge in [-0.25, -0.2) is 0 Å². The summed E-state index contributed by atoms with van der Waals surface area (Å²) >= 11 is 6.09. The Kier molecular flexibility index (Phi) is 5.50. The lowest BCUT2D eigenvalue weighted by Gasteiger charge is -2.15. The van der Waals surface area contributed by atoms with E-state index in [9.17, 15) is 4.79 Å². The second-order valence-corrected chi connectivity index (χ2v) is 5.83. The molecular formula is C18H20ClNO3. The van der Waals surface area contributed by atoms with Crippen LogP contribution in [0.25, 0.3) is 0 Å². The Hall–Kier alpha value is -2.20. The smallest absolute Gasteiger partial charge is 0.259 e. The molecule has 0 heterocycles. The number of carbonyl (C=O) groups excluding carboxylic acids is 1. The van der Waals surface area contributed by atoms with Crippen molar-refractivity contribution in [2.45, 2.75) is 26.9 Å². The molecule has 2 rings (SSSR count). The van der Waals surface area contributed by atoms with Crippen molar-refractivity contribution in [2.24, 2.45) is 0 Å². The van der Waals surface area contributed by atoms with Crippen molar-refractivity contribution in [3.63, 3.8) is 0 Å². The molecule has 0 fully saturated rings. The first-order valence-electron chi connectivity index (χ1n) is 7.33. The molecule has 0 saturated heterocycles. The lowest BCUT2D eigenvalue weighted by molar-refractivity contribution is 0.102. The van der Waals surface area contributed by atoms with Crippen molar-refractivity contribution in [3.8, 4) is 11.5 Å². The zero-order chi connectivity index (χ0) is 17.0. The molecule has 0 aliphatic rings. The van der Waals surface area contributed by atoms with Crippen LogP contribution in [0.2, 0.25) is 5.02 Å². The van der Waals surface area contributed by atoms with Crippen molar-refractivity contribution < 1.29 is 14.3 Å². The quantitative estimate of drug-likeness (QED) is 0.863. The fourth-order valence-electron chi connectivity index (χ4n) is 2.13. The van der Waals surface area contributed by atoms with E-state index in [1.165, 1.54) is 7.11 Å². The van der Waals surface area contributed by atoms with Gasteiger partial charge in [-0.1, -0.05) is 23.7 Å². The summed E-state index contributed by atoms with van der Waals surface area (Å²) < 4.78 is 11.0. The molecule has 0 aliphatic heterocycles. The van der Waals surface area contributed by atoms with E-state index in [-0.39, 0.29) is 12.0 Å². The van der Waals surface area contributed by atoms with E-state index in [1.807, 2.05) is 26.8 Å². The first kappa shape index (κ1) is 17.2. The number of aryl methyl sites for hydroxylation is 1. The van der Waals surface area contributed by atoms with E-state index < -0.39 is 0 Å². The number of hydrogen-bond acceptors (Lipinski definition) is 3. The minimum atomic E-state index is -0.263. The summed E-state index contributed by atoms with van der Waals surface area (Å²) in [5, 5.41) is 3.44. The second kappa shape index (κ2) is 7.38. The first-order valence-corrected chi connectivity index (χ1v) is 7.71. The van der Waals surface area contributed by atoms with Gasteiger partial charge in [0, 0.05) is 11.1 Å². The summed E-state index contributed by atoms with van der Waals surface area (Å²) in [5.41, 5.74) is 1.89. The maximum absolute atomic E-state index is 12.6. The van der Waals surface area contributed by atoms with E-state index in [0.717, 1.165) is 5.56 Å². The number of methoxy groups -OCH3 is 1. The van der Waals surface area contributed by atoms with Crippen LogP contribution in [-0.2, 0) is 0 Å². The lowest BCUT2D eigenvalue weighted by atomic mass is 10.1. The highest BCUT2D eigenvalue weighted by Gasteiger charge is 2.16. The molecule has 122 valence electrons. The summed E-state index contributed by atoms with van der Waals surface area (Å²) in [7, 11) is 1.53. The molecule has 0 radical (unpaired) electrons. The van der Waals surface area contributed by atoms with E-state index in [2.05, 4.69) is 5.32 Å². The minimum Gasteiger partial charge on any atom is -0.495 e. The molecule has 1 amide bonds. The summed E-state index contributed by atoms with van der Waals surface area (Å²) in [6.07, 6.45) is -0.0173. The SMILES string of the molecule is COc1cc(Cl)c(C)cc1NC(=O)c1ccccc1OC(C)C. The molecule has 2 aromatic carbocycles. The number of carbonyl (C=O) groups is 1. The van der Waals surface area contributed by atoms with Gasteiger partial charge < -0.3 is 14.8 Å². The van der Waals surface area contributed by atoms with Crippen molar-refractivity contribution in [3.05, 3.63) is 52.5 Å². The van der Waals surface area contributed by atoms with Crippen LogP contribution in [0.15, 0.2) is 36.4 Å². The number of ether oxygens (including phenoxy) is 2. The Morgan fingerprint density at radius 3 is 2.52 bits per heavy atom. The van der Waals surface area contributed by atoms with Gasteiger partial charge >= 0.3 is 0 Å². The second-order valence-electron chi connectivity index (χ2n) is 5.42. The minimum absolute atomic E-state index is 0.0173. The largest absolute Gasteiger partial charge is 0.495 e. The third kappa shape index (κ3) is 4.17. The molecule has 0 aromatic heterocycles. The number of nitrogens with one attached hydrogen (secondary N) is 1. The van der Waals surface area contributed by atoms with Crippen LogP contribution in [0.1, 0.15) is 29.8 Å². The van der Waals surface area contributed by atoms with E-state index in [4.69, 9.17) is 21.1 Å². The Morgan fingerprint density at radius 2 is 1.87 bits per heavy atom. The van der Waals surface area contributed by atoms with E-state index >= 15 is 0 Å². The molecule has 4 nitrogen and oxygen atoms in total. The van der Waals surface area contributed by atoms with Crippen LogP contribution >= 0.6 is 11.6 Å². The average molecular weight is 334 g/mol. The molecule has 0 aliphatic carbocycles. The highest BCUT2D eigenvalue weighted by Crippen LogP contribution is 2.32. The molecule has 0 spiro atoms. The predicted octanol–water partition coefficient (Wildman–Crippen LogP) is 4.70. The monoisotopic (exact) mass is 333 g/mol. The van der Waals surface area contributed by atoms with Gasteiger partial charge in [-0.05, 0) is 44.5 Å². The average Bonchev–Trinajstić information content (AvgIpc) is 2.50. The van der Waals surface area contributed by atoms with E-state index in [1.54, 1.807) is 30.3 Å². The van der Waals surface area contributed by atoms with Crippen LogP contribution in [0.3, 0.4) is 0 Å². The molecule has 0 bridgehead atoms. The fourth-order valence-corrected chi connectivity index (χ4v) is 2.28. The Bertz CT molecular complexity index is 713. The molecule has 1 N–H and O–H groups in total. The molecule has 2 aromatic rings. The summed E-state index contributed by atoms with van der Waals surface area (Å²) in [5.74, 6) is 0.794. The van der Waals surface area contributed by atoms with Gasteiger partial charge in [-0.3, -0.25) is 4.79 Å². The summed E-state index contributed by atoms with van der Waals surface area (Å²) in [4.78, 5) is 12.6. The molecule has 23 heavy (non-hydrogen) atoms. The predicted molar refractivity (Wildman–Crippen MR) is 92.9 cm³/mol. The van der Waals surface area contributed by atoms with Crippen LogP contribution in [-0.4, -0.2) is 19.1 Å². The highest BCUT2D eigenvalue weighted by molar-refractivity contribution is 6.31. The standard InChI is InChI=1S/C18H20ClNO3/c1-11(2)23-16-8-6-5-7-13(16)18(21)20-15-9-12(3)14(19)10-17(15)22-4/h5-11H,1-4H3,(H,20,21). The lowest BCUT2D eigenvalue weighted by Crippen LogP contribution is -2.16. The highest BCUT2D eigenvalue weighted by atomic mass is 35.5. The van der Waals surface area contributed by atoms with Gasteiger partial charge in [0.15, 0.2) is 0 Å². The van der Waals surface area contributed by atoms with Crippen LogP contribution < -0.4 is 14.8 Å². The normalized spacial score (nSPS) is 10.5. The Balaban J connectivity index is 2.31. The van der Waals surface area contributed by atoms with Gasteiger partial charge in [-0.15, -0.1) is 0 Å². The van der Waals surface area contributed by atoms with Crippen LogP contribution in [0.5, 0.6) is 11.5 Å². The van der Waals surface area contributed by atoms with Gasteiger partial charge in [-0.2, -0.15) is 0 Å².